The average Bonchev–Trinajstić information content (AvgIpc) is 2.45. The Morgan fingerprint density at radius 3 is 2.43 bits per heavy atom. The van der Waals surface area contributed by atoms with E-state index in [0.29, 0.717) is 23.4 Å². The molecule has 4 N–H and O–H groups in total. The summed E-state index contributed by atoms with van der Waals surface area (Å²) in [4.78, 5) is 3.92. The highest BCUT2D eigenvalue weighted by Crippen LogP contribution is 2.29. The van der Waals surface area contributed by atoms with Gasteiger partial charge in [0.05, 0.1) is 17.4 Å². The molecule has 0 spiro atoms. The molecule has 1 aromatic heterocycles. The van der Waals surface area contributed by atoms with E-state index in [1.807, 2.05) is 0 Å². The molecule has 7 heteroatoms. The smallest absolute Gasteiger partial charge is 0.384 e. The fraction of sp³-hybridized carbons (Fsp3) is 0.143. The molecule has 0 radical (unpaired) electrons. The van der Waals surface area contributed by atoms with Gasteiger partial charge in [0, 0.05) is 18.3 Å². The van der Waals surface area contributed by atoms with Crippen molar-refractivity contribution >= 4 is 11.5 Å². The molecule has 0 amide bonds. The van der Waals surface area contributed by atoms with Crippen LogP contribution in [0.3, 0.4) is 0 Å². The third-order valence-electron chi connectivity index (χ3n) is 2.88. The fourth-order valence-corrected chi connectivity index (χ4v) is 1.78. The van der Waals surface area contributed by atoms with E-state index in [-0.39, 0.29) is 5.84 Å². The van der Waals surface area contributed by atoms with Gasteiger partial charge in [-0.2, -0.15) is 13.2 Å². The first-order chi connectivity index (χ1) is 9.88. The summed E-state index contributed by atoms with van der Waals surface area (Å²) in [7, 11) is 0. The number of hydrogen-bond donors (Lipinski definition) is 3. The maximum absolute atomic E-state index is 12.5. The quantitative estimate of drug-likeness (QED) is 0.599. The van der Waals surface area contributed by atoms with Crippen LogP contribution in [0.2, 0.25) is 0 Å². The van der Waals surface area contributed by atoms with Gasteiger partial charge in [0.1, 0.15) is 5.84 Å². The van der Waals surface area contributed by atoms with E-state index >= 15 is 0 Å². The van der Waals surface area contributed by atoms with E-state index in [1.165, 1.54) is 24.5 Å². The SMILES string of the molecule is N=C(N)c1ccncc1NCc1ccc(C(F)(F)F)cc1. The van der Waals surface area contributed by atoms with Crippen molar-refractivity contribution in [2.24, 2.45) is 5.73 Å². The molecule has 0 saturated carbocycles. The number of nitrogens with two attached hydrogens (primary N) is 1. The number of nitrogens with zero attached hydrogens (tertiary/aromatic N) is 1. The number of hydrogen-bond acceptors (Lipinski definition) is 3. The molecule has 4 nitrogen and oxygen atoms in total. The van der Waals surface area contributed by atoms with Crippen molar-refractivity contribution in [2.75, 3.05) is 5.32 Å². The van der Waals surface area contributed by atoms with Crippen LogP contribution >= 0.6 is 0 Å². The number of nitrogen functional groups attached to an aromatic ring is 1. The van der Waals surface area contributed by atoms with Crippen molar-refractivity contribution in [2.45, 2.75) is 12.7 Å². The standard InChI is InChI=1S/C14H13F3N4/c15-14(16,17)10-3-1-9(2-4-10)7-21-12-8-20-6-5-11(12)13(18)19/h1-6,8,21H,7H2,(H3,18,19). The van der Waals surface area contributed by atoms with Crippen LogP contribution in [0.25, 0.3) is 0 Å². The lowest BCUT2D eigenvalue weighted by Gasteiger charge is -2.11. The van der Waals surface area contributed by atoms with Gasteiger partial charge in [-0.25, -0.2) is 0 Å². The Labute approximate surface area is 119 Å². The summed E-state index contributed by atoms with van der Waals surface area (Å²) in [5.74, 6) is -0.104. The maximum Gasteiger partial charge on any atom is 0.416 e. The minimum Gasteiger partial charge on any atom is -0.384 e. The predicted molar refractivity (Wildman–Crippen MR) is 74.0 cm³/mol. The van der Waals surface area contributed by atoms with Gasteiger partial charge in [-0.1, -0.05) is 12.1 Å². The van der Waals surface area contributed by atoms with Crippen molar-refractivity contribution in [1.82, 2.24) is 4.98 Å². The van der Waals surface area contributed by atoms with Gasteiger partial charge in [0.25, 0.3) is 0 Å². The number of amidine groups is 1. The molecule has 0 atom stereocenters. The highest BCUT2D eigenvalue weighted by Gasteiger charge is 2.29. The molecular weight excluding hydrogens is 281 g/mol. The van der Waals surface area contributed by atoms with Crippen LogP contribution in [0.15, 0.2) is 42.7 Å². The molecule has 0 aliphatic heterocycles. The van der Waals surface area contributed by atoms with Crippen molar-refractivity contribution in [3.63, 3.8) is 0 Å². The topological polar surface area (TPSA) is 74.8 Å². The molecule has 2 aromatic rings. The zero-order valence-electron chi connectivity index (χ0n) is 10.9. The van der Waals surface area contributed by atoms with Gasteiger partial charge in [-0.3, -0.25) is 10.4 Å². The van der Waals surface area contributed by atoms with Crippen molar-refractivity contribution < 1.29 is 13.2 Å². The molecule has 110 valence electrons. The van der Waals surface area contributed by atoms with E-state index < -0.39 is 11.7 Å². The molecule has 1 heterocycles. The van der Waals surface area contributed by atoms with Crippen LogP contribution in [0, 0.1) is 5.41 Å². The first-order valence-corrected chi connectivity index (χ1v) is 6.06. The Morgan fingerprint density at radius 2 is 1.86 bits per heavy atom. The van der Waals surface area contributed by atoms with Crippen LogP contribution in [-0.4, -0.2) is 10.8 Å². The lowest BCUT2D eigenvalue weighted by atomic mass is 10.1. The molecule has 0 bridgehead atoms. The summed E-state index contributed by atoms with van der Waals surface area (Å²) in [6, 6.07) is 6.47. The van der Waals surface area contributed by atoms with Gasteiger partial charge in [-0.15, -0.1) is 0 Å². The minimum atomic E-state index is -4.34. The molecule has 0 aliphatic carbocycles. The van der Waals surface area contributed by atoms with E-state index in [0.717, 1.165) is 12.1 Å². The summed E-state index contributed by atoms with van der Waals surface area (Å²) in [5, 5.41) is 10.4. The Kier molecular flexibility index (Phi) is 4.11. The Bertz CT molecular complexity index is 635. The average molecular weight is 294 g/mol. The lowest BCUT2D eigenvalue weighted by Crippen LogP contribution is -2.14. The van der Waals surface area contributed by atoms with Crippen LogP contribution in [0.4, 0.5) is 18.9 Å². The Balaban J connectivity index is 2.09. The van der Waals surface area contributed by atoms with Crippen LogP contribution in [-0.2, 0) is 12.7 Å². The Hall–Kier alpha value is -2.57. The number of nitrogens with one attached hydrogen (secondary N) is 2. The number of alkyl halides is 3. The third kappa shape index (κ3) is 3.71. The summed E-state index contributed by atoms with van der Waals surface area (Å²) < 4.78 is 37.4. The summed E-state index contributed by atoms with van der Waals surface area (Å²) in [5.41, 5.74) is 6.50. The van der Waals surface area contributed by atoms with Crippen LogP contribution < -0.4 is 11.1 Å². The largest absolute Gasteiger partial charge is 0.416 e. The molecule has 1 aromatic carbocycles. The number of aromatic nitrogens is 1. The molecule has 0 aliphatic rings. The number of anilines is 1. The van der Waals surface area contributed by atoms with Crippen molar-refractivity contribution in [1.29, 1.82) is 5.41 Å². The summed E-state index contributed by atoms with van der Waals surface area (Å²) >= 11 is 0. The van der Waals surface area contributed by atoms with E-state index in [9.17, 15) is 13.2 Å². The number of benzene rings is 1. The van der Waals surface area contributed by atoms with Gasteiger partial charge < -0.3 is 11.1 Å². The normalized spacial score (nSPS) is 11.2. The van der Waals surface area contributed by atoms with E-state index in [2.05, 4.69) is 10.3 Å². The minimum absolute atomic E-state index is 0.104. The zero-order valence-corrected chi connectivity index (χ0v) is 10.9. The number of rotatable bonds is 4. The van der Waals surface area contributed by atoms with Crippen LogP contribution in [0.1, 0.15) is 16.7 Å². The number of pyridine rings is 1. The third-order valence-corrected chi connectivity index (χ3v) is 2.88. The van der Waals surface area contributed by atoms with Crippen LogP contribution in [0.5, 0.6) is 0 Å². The molecule has 0 unspecified atom stereocenters. The summed E-state index contributed by atoms with van der Waals surface area (Å²) in [6.45, 7) is 0.310. The van der Waals surface area contributed by atoms with Crippen molar-refractivity contribution in [3.05, 3.63) is 59.4 Å². The monoisotopic (exact) mass is 294 g/mol. The highest BCUT2D eigenvalue weighted by molar-refractivity contribution is 5.99. The van der Waals surface area contributed by atoms with E-state index in [1.54, 1.807) is 6.07 Å². The molecule has 0 saturated heterocycles. The second-order valence-electron chi connectivity index (χ2n) is 4.38. The Morgan fingerprint density at radius 1 is 1.19 bits per heavy atom. The first-order valence-electron chi connectivity index (χ1n) is 6.06. The molecule has 2 rings (SSSR count). The molecule has 0 fully saturated rings. The number of halogens is 3. The van der Waals surface area contributed by atoms with Crippen molar-refractivity contribution in [3.8, 4) is 0 Å². The predicted octanol–water partition coefficient (Wildman–Crippen LogP) is 3.00. The fourth-order valence-electron chi connectivity index (χ4n) is 1.78. The van der Waals surface area contributed by atoms with Gasteiger partial charge in [0.15, 0.2) is 0 Å². The van der Waals surface area contributed by atoms with Gasteiger partial charge in [-0.05, 0) is 23.8 Å². The second kappa shape index (κ2) is 5.82. The lowest BCUT2D eigenvalue weighted by molar-refractivity contribution is -0.137. The maximum atomic E-state index is 12.5. The second-order valence-corrected chi connectivity index (χ2v) is 4.38. The van der Waals surface area contributed by atoms with Gasteiger partial charge in [0.2, 0.25) is 0 Å². The molecular formula is C14H13F3N4. The first kappa shape index (κ1) is 14.8. The van der Waals surface area contributed by atoms with Gasteiger partial charge >= 0.3 is 6.18 Å². The van der Waals surface area contributed by atoms with E-state index in [4.69, 9.17) is 11.1 Å². The zero-order chi connectivity index (χ0) is 15.5. The highest BCUT2D eigenvalue weighted by atomic mass is 19.4. The summed E-state index contributed by atoms with van der Waals surface area (Å²) in [6.07, 6.45) is -1.31. The molecule has 21 heavy (non-hydrogen) atoms.